The zero-order valence-corrected chi connectivity index (χ0v) is 11.7. The second kappa shape index (κ2) is 5.55. The van der Waals surface area contributed by atoms with Crippen molar-refractivity contribution in [3.8, 4) is 17.6 Å². The highest BCUT2D eigenvalue weighted by Crippen LogP contribution is 2.48. The van der Waals surface area contributed by atoms with Gasteiger partial charge < -0.3 is 9.84 Å². The molecule has 2 aromatic carbocycles. The molecule has 1 N–H and O–H groups in total. The average molecular weight is 323 g/mol. The molecule has 7 heteroatoms. The van der Waals surface area contributed by atoms with Crippen molar-refractivity contribution < 1.29 is 23.0 Å². The number of nitriles is 1. The van der Waals surface area contributed by atoms with E-state index >= 15 is 0 Å². The van der Waals surface area contributed by atoms with Gasteiger partial charge in [0, 0.05) is 16.5 Å². The van der Waals surface area contributed by atoms with Gasteiger partial charge in [-0.1, -0.05) is 11.8 Å². The number of aliphatic hydroxyl groups is 1. The monoisotopic (exact) mass is 323 g/mol. The van der Waals surface area contributed by atoms with Crippen molar-refractivity contribution in [2.75, 3.05) is 0 Å². The first kappa shape index (κ1) is 14.8. The molecule has 0 bridgehead atoms. The fourth-order valence-corrected chi connectivity index (χ4v) is 3.13. The van der Waals surface area contributed by atoms with Crippen LogP contribution in [-0.4, -0.2) is 10.6 Å². The SMILES string of the molecule is N#Cc1cc(F)cc(Oc2ccc3c(c2F)C(O)C(F)S3)c1. The Morgan fingerprint density at radius 3 is 2.73 bits per heavy atom. The van der Waals surface area contributed by atoms with Crippen molar-refractivity contribution in [3.63, 3.8) is 0 Å². The first-order chi connectivity index (χ1) is 10.5. The summed E-state index contributed by atoms with van der Waals surface area (Å²) in [5, 5.41) is 18.4. The third-order valence-corrected chi connectivity index (χ3v) is 4.21. The van der Waals surface area contributed by atoms with Crippen molar-refractivity contribution in [1.29, 1.82) is 5.26 Å². The summed E-state index contributed by atoms with van der Waals surface area (Å²) in [7, 11) is 0. The van der Waals surface area contributed by atoms with Crippen LogP contribution in [0.2, 0.25) is 0 Å². The molecule has 0 spiro atoms. The molecule has 1 aliphatic rings. The van der Waals surface area contributed by atoms with Gasteiger partial charge in [-0.25, -0.2) is 13.2 Å². The molecule has 0 saturated heterocycles. The maximum atomic E-state index is 14.3. The minimum atomic E-state index is -1.64. The first-order valence-corrected chi connectivity index (χ1v) is 7.07. The lowest BCUT2D eigenvalue weighted by Gasteiger charge is -2.11. The fraction of sp³-hybridized carbons (Fsp3) is 0.133. The zero-order chi connectivity index (χ0) is 15.9. The molecule has 3 rings (SSSR count). The molecule has 0 fully saturated rings. The Labute approximate surface area is 127 Å². The summed E-state index contributed by atoms with van der Waals surface area (Å²) in [6.07, 6.45) is -1.58. The molecule has 0 radical (unpaired) electrons. The van der Waals surface area contributed by atoms with Crippen molar-refractivity contribution >= 4 is 11.8 Å². The normalized spacial score (nSPS) is 19.6. The van der Waals surface area contributed by atoms with Gasteiger partial charge in [0.25, 0.3) is 0 Å². The molecular weight excluding hydrogens is 315 g/mol. The molecule has 1 heterocycles. The number of thioether (sulfide) groups is 1. The Balaban J connectivity index is 1.98. The van der Waals surface area contributed by atoms with Gasteiger partial charge in [0.2, 0.25) is 0 Å². The number of aliphatic hydroxyl groups excluding tert-OH is 1. The second-order valence-electron chi connectivity index (χ2n) is 4.59. The number of nitrogens with zero attached hydrogens (tertiary/aromatic N) is 1. The third kappa shape index (κ3) is 2.51. The molecule has 2 aromatic rings. The van der Waals surface area contributed by atoms with E-state index in [2.05, 4.69) is 0 Å². The summed E-state index contributed by atoms with van der Waals surface area (Å²) in [4.78, 5) is 0.293. The highest BCUT2D eigenvalue weighted by Gasteiger charge is 2.36. The molecule has 22 heavy (non-hydrogen) atoms. The number of hydrogen-bond acceptors (Lipinski definition) is 4. The maximum Gasteiger partial charge on any atom is 0.180 e. The minimum absolute atomic E-state index is 0.0241. The molecule has 2 atom stereocenters. The molecular formula is C15H8F3NO2S. The topological polar surface area (TPSA) is 53.2 Å². The van der Waals surface area contributed by atoms with E-state index in [1.807, 2.05) is 0 Å². The average Bonchev–Trinajstić information content (AvgIpc) is 2.77. The first-order valence-electron chi connectivity index (χ1n) is 6.19. The van der Waals surface area contributed by atoms with E-state index in [0.717, 1.165) is 23.9 Å². The summed E-state index contributed by atoms with van der Waals surface area (Å²) < 4.78 is 46.3. The lowest BCUT2D eigenvalue weighted by atomic mass is 10.1. The minimum Gasteiger partial charge on any atom is -0.454 e. The van der Waals surface area contributed by atoms with Crippen LogP contribution in [0.4, 0.5) is 13.2 Å². The predicted molar refractivity (Wildman–Crippen MR) is 73.3 cm³/mol. The van der Waals surface area contributed by atoms with Crippen LogP contribution in [-0.2, 0) is 0 Å². The van der Waals surface area contributed by atoms with Crippen LogP contribution in [0, 0.1) is 23.0 Å². The number of fused-ring (bicyclic) bond motifs is 1. The summed E-state index contributed by atoms with van der Waals surface area (Å²) in [5.74, 6) is -1.94. The summed E-state index contributed by atoms with van der Waals surface area (Å²) in [5.41, 5.74) is -1.79. The predicted octanol–water partition coefficient (Wildman–Crippen LogP) is 4.06. The molecule has 112 valence electrons. The Morgan fingerprint density at radius 1 is 1.23 bits per heavy atom. The number of halogens is 3. The highest BCUT2D eigenvalue weighted by molar-refractivity contribution is 8.00. The fourth-order valence-electron chi connectivity index (χ4n) is 2.14. The van der Waals surface area contributed by atoms with E-state index in [0.29, 0.717) is 4.90 Å². The van der Waals surface area contributed by atoms with E-state index in [1.54, 1.807) is 6.07 Å². The lowest BCUT2D eigenvalue weighted by molar-refractivity contribution is 0.123. The molecule has 2 unspecified atom stereocenters. The second-order valence-corrected chi connectivity index (χ2v) is 5.72. The van der Waals surface area contributed by atoms with Crippen LogP contribution in [0.5, 0.6) is 11.5 Å². The van der Waals surface area contributed by atoms with E-state index in [4.69, 9.17) is 10.00 Å². The van der Waals surface area contributed by atoms with E-state index in [-0.39, 0.29) is 22.6 Å². The van der Waals surface area contributed by atoms with Crippen LogP contribution in [0.25, 0.3) is 0 Å². The van der Waals surface area contributed by atoms with Gasteiger partial charge in [-0.3, -0.25) is 0 Å². The quantitative estimate of drug-likeness (QED) is 0.905. The van der Waals surface area contributed by atoms with Crippen molar-refractivity contribution in [1.82, 2.24) is 0 Å². The molecule has 3 nitrogen and oxygen atoms in total. The van der Waals surface area contributed by atoms with Gasteiger partial charge in [-0.2, -0.15) is 5.26 Å². The van der Waals surface area contributed by atoms with Crippen molar-refractivity contribution in [2.45, 2.75) is 16.5 Å². The number of ether oxygens (including phenoxy) is 1. The van der Waals surface area contributed by atoms with Crippen LogP contribution < -0.4 is 4.74 Å². The number of alkyl halides is 1. The largest absolute Gasteiger partial charge is 0.454 e. The van der Waals surface area contributed by atoms with E-state index in [9.17, 15) is 18.3 Å². The van der Waals surface area contributed by atoms with Crippen LogP contribution in [0.15, 0.2) is 35.2 Å². The zero-order valence-electron chi connectivity index (χ0n) is 10.9. The third-order valence-electron chi connectivity index (χ3n) is 3.12. The molecule has 0 saturated carbocycles. The highest BCUT2D eigenvalue weighted by atomic mass is 32.2. The van der Waals surface area contributed by atoms with E-state index in [1.165, 1.54) is 18.2 Å². The van der Waals surface area contributed by atoms with Gasteiger partial charge in [-0.15, -0.1) is 0 Å². The maximum absolute atomic E-state index is 14.3. The molecule has 0 amide bonds. The summed E-state index contributed by atoms with van der Waals surface area (Å²) in [6.45, 7) is 0. The van der Waals surface area contributed by atoms with Crippen LogP contribution in [0.1, 0.15) is 17.2 Å². The Bertz CT molecular complexity index is 791. The van der Waals surface area contributed by atoms with Gasteiger partial charge in [-0.05, 0) is 24.3 Å². The van der Waals surface area contributed by atoms with E-state index < -0.39 is 23.2 Å². The Kier molecular flexibility index (Phi) is 3.72. The lowest BCUT2D eigenvalue weighted by Crippen LogP contribution is -2.05. The summed E-state index contributed by atoms with van der Waals surface area (Å²) in [6, 6.07) is 7.70. The smallest absolute Gasteiger partial charge is 0.180 e. The Hall–Kier alpha value is -2.17. The molecule has 0 aliphatic carbocycles. The number of benzene rings is 2. The van der Waals surface area contributed by atoms with Gasteiger partial charge in [0.1, 0.15) is 17.7 Å². The van der Waals surface area contributed by atoms with Gasteiger partial charge in [0.05, 0.1) is 11.6 Å². The Morgan fingerprint density at radius 2 is 2.00 bits per heavy atom. The van der Waals surface area contributed by atoms with Crippen LogP contribution >= 0.6 is 11.8 Å². The number of hydrogen-bond donors (Lipinski definition) is 1. The van der Waals surface area contributed by atoms with Crippen molar-refractivity contribution in [3.05, 3.63) is 53.1 Å². The molecule has 0 aromatic heterocycles. The molecule has 1 aliphatic heterocycles. The van der Waals surface area contributed by atoms with Crippen LogP contribution in [0.3, 0.4) is 0 Å². The summed E-state index contributed by atoms with van der Waals surface area (Å²) >= 11 is 0.722. The number of rotatable bonds is 2. The van der Waals surface area contributed by atoms with Crippen molar-refractivity contribution in [2.24, 2.45) is 0 Å². The standard InChI is InChI=1S/C15H8F3NO2S/c16-8-3-7(6-19)4-9(5-8)21-10-1-2-11-12(13(10)17)14(20)15(18)22-11/h1-5,14-15,20H. The van der Waals surface area contributed by atoms with Gasteiger partial charge in [0.15, 0.2) is 17.1 Å². The van der Waals surface area contributed by atoms with Gasteiger partial charge >= 0.3 is 0 Å².